The lowest BCUT2D eigenvalue weighted by Crippen LogP contribution is -2.34. The summed E-state index contributed by atoms with van der Waals surface area (Å²) < 4.78 is 0. The van der Waals surface area contributed by atoms with Gasteiger partial charge in [0.05, 0.1) is 4.92 Å². The highest BCUT2D eigenvalue weighted by molar-refractivity contribution is 5.95. The number of nitrogens with zero attached hydrogens (tertiary/aromatic N) is 2. The van der Waals surface area contributed by atoms with Crippen molar-refractivity contribution in [3.63, 3.8) is 0 Å². The van der Waals surface area contributed by atoms with Gasteiger partial charge in [-0.3, -0.25) is 14.9 Å². The minimum absolute atomic E-state index is 0.0204. The number of amides is 1. The molecule has 0 aromatic heterocycles. The second-order valence-electron chi connectivity index (χ2n) is 4.80. The molecule has 0 spiro atoms. The Kier molecular flexibility index (Phi) is 4.19. The van der Waals surface area contributed by atoms with Crippen molar-refractivity contribution in [3.05, 3.63) is 33.9 Å². The summed E-state index contributed by atoms with van der Waals surface area (Å²) in [6, 6.07) is 4.64. The summed E-state index contributed by atoms with van der Waals surface area (Å²) in [5.74, 6) is -0.251. The summed E-state index contributed by atoms with van der Waals surface area (Å²) in [6.45, 7) is 1.69. The molecule has 1 atom stereocenters. The molecular weight excluding hydrogens is 260 g/mol. The third kappa shape index (κ3) is 2.72. The zero-order valence-electron chi connectivity index (χ0n) is 11.5. The lowest BCUT2D eigenvalue weighted by Gasteiger charge is -2.26. The molecule has 1 aliphatic heterocycles. The Labute approximate surface area is 117 Å². The van der Waals surface area contributed by atoms with E-state index in [4.69, 9.17) is 0 Å². The fraction of sp³-hybridized carbons (Fsp3) is 0.462. The largest absolute Gasteiger partial charge is 0.365 e. The first-order valence-electron chi connectivity index (χ1n) is 6.48. The second kappa shape index (κ2) is 5.87. The number of nitro benzene ring substituents is 1. The Balaban J connectivity index is 2.40. The molecule has 7 nitrogen and oxygen atoms in total. The maximum atomic E-state index is 11.7. The smallest absolute Gasteiger partial charge is 0.292 e. The zero-order valence-corrected chi connectivity index (χ0v) is 11.5. The average Bonchev–Trinajstić information content (AvgIpc) is 2.99. The second-order valence-corrected chi connectivity index (χ2v) is 4.80. The third-order valence-corrected chi connectivity index (χ3v) is 3.62. The topological polar surface area (TPSA) is 87.5 Å². The van der Waals surface area contributed by atoms with E-state index in [0.29, 0.717) is 11.3 Å². The van der Waals surface area contributed by atoms with Crippen LogP contribution in [-0.4, -0.2) is 44.1 Å². The Hall–Kier alpha value is -2.15. The minimum atomic E-state index is -0.415. The quantitative estimate of drug-likeness (QED) is 0.627. The van der Waals surface area contributed by atoms with E-state index in [2.05, 4.69) is 10.6 Å². The van der Waals surface area contributed by atoms with Crippen LogP contribution in [0.15, 0.2) is 18.2 Å². The van der Waals surface area contributed by atoms with E-state index < -0.39 is 4.92 Å². The monoisotopic (exact) mass is 278 g/mol. The molecule has 0 bridgehead atoms. The van der Waals surface area contributed by atoms with Crippen LogP contribution in [0, 0.1) is 10.1 Å². The van der Waals surface area contributed by atoms with Gasteiger partial charge >= 0.3 is 0 Å². The van der Waals surface area contributed by atoms with Gasteiger partial charge in [-0.2, -0.15) is 0 Å². The van der Waals surface area contributed by atoms with Crippen molar-refractivity contribution in [3.8, 4) is 0 Å². The van der Waals surface area contributed by atoms with E-state index in [1.54, 1.807) is 6.07 Å². The number of rotatable bonds is 4. The summed E-state index contributed by atoms with van der Waals surface area (Å²) in [5, 5.41) is 16.9. The molecule has 1 aliphatic rings. The molecule has 2 rings (SSSR count). The lowest BCUT2D eigenvalue weighted by atomic mass is 10.1. The number of carbonyl (C=O) groups is 1. The molecule has 0 aliphatic carbocycles. The number of nitro groups is 1. The van der Waals surface area contributed by atoms with E-state index in [-0.39, 0.29) is 17.6 Å². The van der Waals surface area contributed by atoms with Crippen molar-refractivity contribution >= 4 is 17.3 Å². The Bertz CT molecular complexity index is 526. The van der Waals surface area contributed by atoms with Crippen LogP contribution in [0.3, 0.4) is 0 Å². The fourth-order valence-corrected chi connectivity index (χ4v) is 2.41. The van der Waals surface area contributed by atoms with Crippen molar-refractivity contribution in [2.24, 2.45) is 0 Å². The molecule has 1 amide bonds. The van der Waals surface area contributed by atoms with Gasteiger partial charge in [-0.15, -0.1) is 0 Å². The van der Waals surface area contributed by atoms with Crippen molar-refractivity contribution in [2.75, 3.05) is 32.1 Å². The number of likely N-dealkylation sites (N-methyl/N-ethyl adjacent to an activating group) is 1. The van der Waals surface area contributed by atoms with Gasteiger partial charge in [0, 0.05) is 38.3 Å². The summed E-state index contributed by atoms with van der Waals surface area (Å²) in [7, 11) is 3.36. The van der Waals surface area contributed by atoms with Crippen molar-refractivity contribution < 1.29 is 9.72 Å². The number of nitrogens with one attached hydrogen (secondary N) is 2. The fourth-order valence-electron chi connectivity index (χ4n) is 2.41. The van der Waals surface area contributed by atoms with E-state index in [9.17, 15) is 14.9 Å². The van der Waals surface area contributed by atoms with Crippen molar-refractivity contribution in [2.45, 2.75) is 12.5 Å². The number of hydrogen-bond donors (Lipinski definition) is 2. The number of hydrogen-bond acceptors (Lipinski definition) is 5. The van der Waals surface area contributed by atoms with Gasteiger partial charge in [-0.25, -0.2) is 0 Å². The molecule has 1 heterocycles. The molecule has 20 heavy (non-hydrogen) atoms. The van der Waals surface area contributed by atoms with Crippen LogP contribution >= 0.6 is 0 Å². The highest BCUT2D eigenvalue weighted by atomic mass is 16.6. The van der Waals surface area contributed by atoms with E-state index in [1.807, 2.05) is 11.9 Å². The molecule has 0 saturated carbocycles. The molecule has 1 aromatic rings. The molecule has 0 radical (unpaired) electrons. The standard InChI is InChI=1S/C13H18N4O3/c1-14-13(18)9-3-4-11(17(19)20)12(7-9)16(2)10-5-6-15-8-10/h3-4,7,10,15H,5-6,8H2,1-2H3,(H,14,18). The third-order valence-electron chi connectivity index (χ3n) is 3.62. The minimum Gasteiger partial charge on any atom is -0.365 e. The van der Waals surface area contributed by atoms with Crippen LogP contribution in [0.5, 0.6) is 0 Å². The number of benzene rings is 1. The van der Waals surface area contributed by atoms with Crippen LogP contribution in [0.25, 0.3) is 0 Å². The molecule has 1 aromatic carbocycles. The molecule has 1 unspecified atom stereocenters. The van der Waals surface area contributed by atoms with Crippen LogP contribution in [-0.2, 0) is 0 Å². The SMILES string of the molecule is CNC(=O)c1ccc([N+](=O)[O-])c(N(C)C2CCNC2)c1. The molecule has 2 N–H and O–H groups in total. The predicted octanol–water partition coefficient (Wildman–Crippen LogP) is 0.752. The van der Waals surface area contributed by atoms with Crippen LogP contribution < -0.4 is 15.5 Å². The van der Waals surface area contributed by atoms with Gasteiger partial charge in [0.1, 0.15) is 5.69 Å². The lowest BCUT2D eigenvalue weighted by molar-refractivity contribution is -0.384. The maximum Gasteiger partial charge on any atom is 0.292 e. The normalized spacial score (nSPS) is 17.8. The summed E-state index contributed by atoms with van der Waals surface area (Å²) >= 11 is 0. The molecule has 1 saturated heterocycles. The van der Waals surface area contributed by atoms with Crippen molar-refractivity contribution in [1.82, 2.24) is 10.6 Å². The summed E-state index contributed by atoms with van der Waals surface area (Å²) in [6.07, 6.45) is 0.928. The van der Waals surface area contributed by atoms with Gasteiger partial charge in [0.25, 0.3) is 11.6 Å². The first kappa shape index (κ1) is 14.3. The molecule has 1 fully saturated rings. The highest BCUT2D eigenvalue weighted by Gasteiger charge is 2.26. The van der Waals surface area contributed by atoms with Crippen LogP contribution in [0.1, 0.15) is 16.8 Å². The van der Waals surface area contributed by atoms with Gasteiger partial charge in [0.2, 0.25) is 0 Å². The first-order valence-corrected chi connectivity index (χ1v) is 6.48. The van der Waals surface area contributed by atoms with Crippen LogP contribution in [0.2, 0.25) is 0 Å². The first-order chi connectivity index (χ1) is 9.54. The molecule has 7 heteroatoms. The highest BCUT2D eigenvalue weighted by Crippen LogP contribution is 2.30. The Morgan fingerprint density at radius 1 is 1.55 bits per heavy atom. The van der Waals surface area contributed by atoms with Gasteiger partial charge in [0.15, 0.2) is 0 Å². The van der Waals surface area contributed by atoms with Gasteiger partial charge < -0.3 is 15.5 Å². The summed E-state index contributed by atoms with van der Waals surface area (Å²) in [4.78, 5) is 24.3. The maximum absolute atomic E-state index is 11.7. The average molecular weight is 278 g/mol. The number of carbonyl (C=O) groups excluding carboxylic acids is 1. The number of anilines is 1. The van der Waals surface area contributed by atoms with Gasteiger partial charge in [-0.1, -0.05) is 0 Å². The van der Waals surface area contributed by atoms with Gasteiger partial charge in [-0.05, 0) is 25.1 Å². The van der Waals surface area contributed by atoms with E-state index >= 15 is 0 Å². The predicted molar refractivity (Wildman–Crippen MR) is 76.2 cm³/mol. The van der Waals surface area contributed by atoms with E-state index in [1.165, 1.54) is 19.2 Å². The van der Waals surface area contributed by atoms with E-state index in [0.717, 1.165) is 19.5 Å². The molecular formula is C13H18N4O3. The van der Waals surface area contributed by atoms with Crippen molar-refractivity contribution in [1.29, 1.82) is 0 Å². The summed E-state index contributed by atoms with van der Waals surface area (Å²) in [5.41, 5.74) is 0.919. The Morgan fingerprint density at radius 3 is 2.85 bits per heavy atom. The zero-order chi connectivity index (χ0) is 14.7. The Morgan fingerprint density at radius 2 is 2.30 bits per heavy atom. The molecule has 108 valence electrons. The van der Waals surface area contributed by atoms with Crippen LogP contribution in [0.4, 0.5) is 11.4 Å².